The molecule has 1 fully saturated rings. The summed E-state index contributed by atoms with van der Waals surface area (Å²) in [6, 6.07) is 11.1. The van der Waals surface area contributed by atoms with Crippen molar-refractivity contribution < 1.29 is 17.5 Å². The Balaban J connectivity index is 1.47. The van der Waals surface area contributed by atoms with Gasteiger partial charge in [0.25, 0.3) is 0 Å². The summed E-state index contributed by atoms with van der Waals surface area (Å²) >= 11 is 7.26. The quantitative estimate of drug-likeness (QED) is 0.549. The van der Waals surface area contributed by atoms with Crippen molar-refractivity contribution in [3.05, 3.63) is 58.3 Å². The normalized spacial score (nSPS) is 16.0. The summed E-state index contributed by atoms with van der Waals surface area (Å²) in [5, 5.41) is 10.1. The third-order valence-corrected chi connectivity index (χ3v) is 8.41. The van der Waals surface area contributed by atoms with Crippen LogP contribution in [0.3, 0.4) is 0 Å². The molecule has 0 atom stereocenters. The Hall–Kier alpha value is -2.07. The lowest BCUT2D eigenvalue weighted by atomic mass is 9.99. The molecule has 0 spiro atoms. The molecular weight excluding hydrogens is 449 g/mol. The van der Waals surface area contributed by atoms with Crippen molar-refractivity contribution in [2.75, 3.05) is 20.2 Å². The second-order valence-electron chi connectivity index (χ2n) is 6.90. The fraction of sp³-hybridized carbons (Fsp3) is 0.300. The second-order valence-corrected chi connectivity index (χ2v) is 10.3. The van der Waals surface area contributed by atoms with Gasteiger partial charge in [-0.05, 0) is 43.2 Å². The highest BCUT2D eigenvalue weighted by Crippen LogP contribution is 2.37. The Morgan fingerprint density at radius 2 is 1.90 bits per heavy atom. The molecule has 4 rings (SSSR count). The minimum absolute atomic E-state index is 0.00160. The van der Waals surface area contributed by atoms with Crippen LogP contribution in [0.5, 0.6) is 5.75 Å². The van der Waals surface area contributed by atoms with Gasteiger partial charge in [0.15, 0.2) is 5.01 Å². The SMILES string of the molecule is COc1ccccc1-c1nnc(C2CCN(S(=O)(=O)c3ccc(F)c(Cl)c3)CC2)s1. The van der Waals surface area contributed by atoms with Crippen molar-refractivity contribution in [1.29, 1.82) is 0 Å². The molecule has 1 aromatic heterocycles. The molecule has 158 valence electrons. The minimum atomic E-state index is -3.72. The molecule has 0 unspecified atom stereocenters. The number of halogens is 2. The van der Waals surface area contributed by atoms with Gasteiger partial charge in [-0.2, -0.15) is 4.31 Å². The predicted molar refractivity (Wildman–Crippen MR) is 114 cm³/mol. The first-order valence-corrected chi connectivity index (χ1v) is 12.0. The fourth-order valence-electron chi connectivity index (χ4n) is 3.46. The van der Waals surface area contributed by atoms with Crippen molar-refractivity contribution in [3.63, 3.8) is 0 Å². The summed E-state index contributed by atoms with van der Waals surface area (Å²) in [7, 11) is -2.10. The summed E-state index contributed by atoms with van der Waals surface area (Å²) in [6.45, 7) is 0.705. The van der Waals surface area contributed by atoms with Gasteiger partial charge in [-0.1, -0.05) is 35.1 Å². The highest BCUT2D eigenvalue weighted by Gasteiger charge is 2.32. The topological polar surface area (TPSA) is 72.4 Å². The van der Waals surface area contributed by atoms with Crippen LogP contribution in [0.25, 0.3) is 10.6 Å². The molecular formula is C20H19ClFN3O3S2. The number of ether oxygens (including phenoxy) is 1. The molecule has 1 aliphatic heterocycles. The first kappa shape index (κ1) is 21.2. The third kappa shape index (κ3) is 4.07. The van der Waals surface area contributed by atoms with Gasteiger partial charge in [-0.15, -0.1) is 10.2 Å². The van der Waals surface area contributed by atoms with Gasteiger partial charge in [0.1, 0.15) is 16.6 Å². The number of nitrogens with zero attached hydrogens (tertiary/aromatic N) is 3. The van der Waals surface area contributed by atoms with Gasteiger partial charge in [0.2, 0.25) is 10.0 Å². The van der Waals surface area contributed by atoms with E-state index < -0.39 is 15.8 Å². The lowest BCUT2D eigenvalue weighted by Gasteiger charge is -2.30. The second kappa shape index (κ2) is 8.58. The van der Waals surface area contributed by atoms with Gasteiger partial charge in [-0.25, -0.2) is 12.8 Å². The van der Waals surface area contributed by atoms with Gasteiger partial charge in [-0.3, -0.25) is 0 Å². The monoisotopic (exact) mass is 467 g/mol. The average Bonchev–Trinajstić information content (AvgIpc) is 3.25. The number of rotatable bonds is 5. The Labute approximate surface area is 183 Å². The van der Waals surface area contributed by atoms with E-state index in [0.717, 1.165) is 33.5 Å². The molecule has 2 heterocycles. The number of methoxy groups -OCH3 is 1. The Kier molecular flexibility index (Phi) is 6.06. The molecule has 30 heavy (non-hydrogen) atoms. The minimum Gasteiger partial charge on any atom is -0.496 e. The Morgan fingerprint density at radius 3 is 2.60 bits per heavy atom. The molecule has 0 aliphatic carbocycles. The van der Waals surface area contributed by atoms with E-state index in [4.69, 9.17) is 16.3 Å². The number of hydrogen-bond acceptors (Lipinski definition) is 6. The molecule has 0 bridgehead atoms. The molecule has 0 amide bonds. The molecule has 6 nitrogen and oxygen atoms in total. The fourth-order valence-corrected chi connectivity index (χ4v) is 6.24. The zero-order valence-electron chi connectivity index (χ0n) is 16.1. The molecule has 0 N–H and O–H groups in total. The number of benzene rings is 2. The summed E-state index contributed by atoms with van der Waals surface area (Å²) in [5.74, 6) is 0.227. The average molecular weight is 468 g/mol. The first-order valence-electron chi connectivity index (χ1n) is 9.32. The van der Waals surface area contributed by atoms with Crippen molar-refractivity contribution in [3.8, 4) is 16.3 Å². The number of para-hydroxylation sites is 1. The number of piperidine rings is 1. The molecule has 3 aromatic rings. The summed E-state index contributed by atoms with van der Waals surface area (Å²) in [5.41, 5.74) is 0.886. The van der Waals surface area contributed by atoms with Crippen LogP contribution >= 0.6 is 22.9 Å². The van der Waals surface area contributed by atoms with Gasteiger partial charge in [0, 0.05) is 19.0 Å². The predicted octanol–water partition coefficient (Wildman–Crippen LogP) is 4.57. The van der Waals surface area contributed by atoms with E-state index in [0.29, 0.717) is 25.9 Å². The summed E-state index contributed by atoms with van der Waals surface area (Å²) in [4.78, 5) is 0.00160. The molecule has 2 aromatic carbocycles. The van der Waals surface area contributed by atoms with Crippen LogP contribution in [0.1, 0.15) is 23.8 Å². The third-order valence-electron chi connectivity index (χ3n) is 5.11. The van der Waals surface area contributed by atoms with Crippen LogP contribution in [0.2, 0.25) is 5.02 Å². The van der Waals surface area contributed by atoms with Crippen molar-refractivity contribution >= 4 is 33.0 Å². The Bertz CT molecular complexity index is 1160. The van der Waals surface area contributed by atoms with E-state index in [-0.39, 0.29) is 15.8 Å². The number of aromatic nitrogens is 2. The lowest BCUT2D eigenvalue weighted by molar-refractivity contribution is 0.318. The van der Waals surface area contributed by atoms with E-state index in [1.165, 1.54) is 21.7 Å². The summed E-state index contributed by atoms with van der Waals surface area (Å²) in [6.07, 6.45) is 1.27. The smallest absolute Gasteiger partial charge is 0.243 e. The first-order chi connectivity index (χ1) is 14.4. The molecule has 0 saturated carbocycles. The largest absolute Gasteiger partial charge is 0.496 e. The van der Waals surface area contributed by atoms with E-state index >= 15 is 0 Å². The van der Waals surface area contributed by atoms with Crippen LogP contribution < -0.4 is 4.74 Å². The molecule has 1 saturated heterocycles. The van der Waals surface area contributed by atoms with Gasteiger partial charge in [0.05, 0.1) is 22.6 Å². The van der Waals surface area contributed by atoms with Crippen LogP contribution in [-0.4, -0.2) is 43.1 Å². The van der Waals surface area contributed by atoms with E-state index in [1.54, 1.807) is 7.11 Å². The lowest BCUT2D eigenvalue weighted by Crippen LogP contribution is -2.37. The zero-order valence-corrected chi connectivity index (χ0v) is 18.5. The van der Waals surface area contributed by atoms with Gasteiger partial charge >= 0.3 is 0 Å². The van der Waals surface area contributed by atoms with Crippen LogP contribution in [-0.2, 0) is 10.0 Å². The number of sulfonamides is 1. The van der Waals surface area contributed by atoms with E-state index in [1.807, 2.05) is 24.3 Å². The molecule has 0 radical (unpaired) electrons. The standard InChI is InChI=1S/C20H19ClFN3O3S2/c1-28-18-5-3-2-4-15(18)20-24-23-19(29-20)13-8-10-25(11-9-13)30(26,27)14-6-7-17(22)16(21)12-14/h2-7,12-13H,8-11H2,1H3. The molecule has 1 aliphatic rings. The van der Waals surface area contributed by atoms with Crippen LogP contribution in [0.15, 0.2) is 47.4 Å². The van der Waals surface area contributed by atoms with Crippen molar-refractivity contribution in [2.24, 2.45) is 0 Å². The van der Waals surface area contributed by atoms with Crippen molar-refractivity contribution in [1.82, 2.24) is 14.5 Å². The maximum Gasteiger partial charge on any atom is 0.243 e. The zero-order chi connectivity index (χ0) is 21.3. The number of hydrogen-bond donors (Lipinski definition) is 0. The Morgan fingerprint density at radius 1 is 1.17 bits per heavy atom. The van der Waals surface area contributed by atoms with Gasteiger partial charge < -0.3 is 4.74 Å². The van der Waals surface area contributed by atoms with Crippen LogP contribution in [0, 0.1) is 5.82 Å². The van der Waals surface area contributed by atoms with Crippen LogP contribution in [0.4, 0.5) is 4.39 Å². The highest BCUT2D eigenvalue weighted by molar-refractivity contribution is 7.89. The summed E-state index contributed by atoms with van der Waals surface area (Å²) < 4.78 is 45.9. The van der Waals surface area contributed by atoms with E-state index in [2.05, 4.69) is 10.2 Å². The maximum absolute atomic E-state index is 13.4. The maximum atomic E-state index is 13.4. The van der Waals surface area contributed by atoms with Crippen molar-refractivity contribution in [2.45, 2.75) is 23.7 Å². The molecule has 10 heteroatoms. The van der Waals surface area contributed by atoms with E-state index in [9.17, 15) is 12.8 Å². The highest BCUT2D eigenvalue weighted by atomic mass is 35.5.